The van der Waals surface area contributed by atoms with Crippen LogP contribution in [-0.2, 0) is 6.54 Å². The maximum Gasteiger partial charge on any atom is 0.137 e. The molecule has 0 aliphatic heterocycles. The maximum atomic E-state index is 4.57. The highest BCUT2D eigenvalue weighted by atomic mass is 15.0. The minimum atomic E-state index is 0.682. The van der Waals surface area contributed by atoms with E-state index in [0.29, 0.717) is 6.54 Å². The van der Waals surface area contributed by atoms with E-state index in [2.05, 4.69) is 27.4 Å². The highest BCUT2D eigenvalue weighted by Gasteiger charge is 2.01. The van der Waals surface area contributed by atoms with E-state index in [0.717, 1.165) is 27.9 Å². The summed E-state index contributed by atoms with van der Waals surface area (Å²) >= 11 is 0. The fraction of sp³-hybridized carbons (Fsp3) is 0.0588. The molecule has 0 amide bonds. The van der Waals surface area contributed by atoms with E-state index < -0.39 is 0 Å². The third-order valence-corrected chi connectivity index (χ3v) is 3.48. The van der Waals surface area contributed by atoms with Crippen LogP contribution < -0.4 is 5.32 Å². The van der Waals surface area contributed by atoms with E-state index in [-0.39, 0.29) is 0 Å². The van der Waals surface area contributed by atoms with E-state index in [1.165, 1.54) is 0 Å². The van der Waals surface area contributed by atoms with Gasteiger partial charge in [-0.25, -0.2) is 4.98 Å². The molecule has 21 heavy (non-hydrogen) atoms. The van der Waals surface area contributed by atoms with Crippen LogP contribution in [0, 0.1) is 0 Å². The Hall–Kier alpha value is -2.88. The van der Waals surface area contributed by atoms with Crippen molar-refractivity contribution < 1.29 is 0 Å². The predicted octanol–water partition coefficient (Wildman–Crippen LogP) is 3.49. The number of aromatic nitrogens is 3. The summed E-state index contributed by atoms with van der Waals surface area (Å²) in [6.45, 7) is 0.682. The van der Waals surface area contributed by atoms with E-state index in [1.807, 2.05) is 59.4 Å². The van der Waals surface area contributed by atoms with E-state index in [9.17, 15) is 0 Å². The van der Waals surface area contributed by atoms with Gasteiger partial charge in [-0.2, -0.15) is 0 Å². The van der Waals surface area contributed by atoms with E-state index in [1.54, 1.807) is 0 Å². The highest BCUT2D eigenvalue weighted by molar-refractivity contribution is 5.81. The van der Waals surface area contributed by atoms with Crippen molar-refractivity contribution >= 4 is 22.2 Å². The zero-order chi connectivity index (χ0) is 14.1. The number of rotatable bonds is 3. The molecule has 1 N–H and O–H groups in total. The van der Waals surface area contributed by atoms with Gasteiger partial charge in [0.15, 0.2) is 0 Å². The third kappa shape index (κ3) is 2.31. The molecule has 0 fully saturated rings. The van der Waals surface area contributed by atoms with Gasteiger partial charge < -0.3 is 9.72 Å². The first-order chi connectivity index (χ1) is 10.4. The van der Waals surface area contributed by atoms with Crippen LogP contribution in [0.1, 0.15) is 5.69 Å². The lowest BCUT2D eigenvalue weighted by atomic mass is 10.2. The van der Waals surface area contributed by atoms with Crippen molar-refractivity contribution in [2.45, 2.75) is 6.54 Å². The lowest BCUT2D eigenvalue weighted by molar-refractivity contribution is 1.08. The number of hydrogen-bond donors (Lipinski definition) is 1. The average molecular weight is 274 g/mol. The maximum absolute atomic E-state index is 4.57. The first kappa shape index (κ1) is 11.9. The largest absolute Gasteiger partial charge is 0.378 e. The smallest absolute Gasteiger partial charge is 0.137 e. The van der Waals surface area contributed by atoms with Crippen LogP contribution >= 0.6 is 0 Å². The summed E-state index contributed by atoms with van der Waals surface area (Å²) in [7, 11) is 0. The van der Waals surface area contributed by atoms with Crippen LogP contribution in [0.2, 0.25) is 0 Å². The fourth-order valence-corrected chi connectivity index (χ4v) is 2.43. The molecule has 0 saturated heterocycles. The molecule has 4 nitrogen and oxygen atoms in total. The molecular weight excluding hydrogens is 260 g/mol. The van der Waals surface area contributed by atoms with Gasteiger partial charge in [0.2, 0.25) is 0 Å². The van der Waals surface area contributed by atoms with Crippen molar-refractivity contribution in [2.24, 2.45) is 0 Å². The van der Waals surface area contributed by atoms with Crippen LogP contribution in [0.5, 0.6) is 0 Å². The average Bonchev–Trinajstić information content (AvgIpc) is 2.95. The standard InChI is InChI=1S/C17H14N4/c1-2-6-16-13(5-1)9-14(10-19-16)18-11-15-12-21-8-4-3-7-17(21)20-15/h1-10,12,18H,11H2. The number of nitrogens with one attached hydrogen (secondary N) is 1. The zero-order valence-corrected chi connectivity index (χ0v) is 11.4. The van der Waals surface area contributed by atoms with Crippen molar-refractivity contribution in [3.05, 3.63) is 72.8 Å². The van der Waals surface area contributed by atoms with Gasteiger partial charge in [0.1, 0.15) is 5.65 Å². The molecule has 4 rings (SSSR count). The zero-order valence-electron chi connectivity index (χ0n) is 11.4. The van der Waals surface area contributed by atoms with Gasteiger partial charge in [0, 0.05) is 17.8 Å². The molecule has 4 heteroatoms. The van der Waals surface area contributed by atoms with Crippen LogP contribution in [-0.4, -0.2) is 14.4 Å². The summed E-state index contributed by atoms with van der Waals surface area (Å²) in [5.74, 6) is 0. The molecule has 3 heterocycles. The van der Waals surface area contributed by atoms with Gasteiger partial charge in [-0.15, -0.1) is 0 Å². The summed E-state index contributed by atoms with van der Waals surface area (Å²) in [4.78, 5) is 9.02. The molecule has 0 aliphatic rings. The van der Waals surface area contributed by atoms with Crippen LogP contribution in [0.3, 0.4) is 0 Å². The Kier molecular flexibility index (Phi) is 2.78. The molecule has 4 aromatic rings. The van der Waals surface area contributed by atoms with Crippen LogP contribution in [0.25, 0.3) is 16.6 Å². The summed E-state index contributed by atoms with van der Waals surface area (Å²) in [6.07, 6.45) is 5.90. The number of fused-ring (bicyclic) bond motifs is 2. The Bertz CT molecular complexity index is 878. The Morgan fingerprint density at radius 1 is 1.05 bits per heavy atom. The SMILES string of the molecule is c1ccc2ncc(NCc3cn4ccccc4n3)cc2c1. The topological polar surface area (TPSA) is 42.2 Å². The van der Waals surface area contributed by atoms with Crippen molar-refractivity contribution in [3.8, 4) is 0 Å². The van der Waals surface area contributed by atoms with Crippen LogP contribution in [0.15, 0.2) is 67.1 Å². The molecule has 0 bridgehead atoms. The molecule has 0 spiro atoms. The Morgan fingerprint density at radius 3 is 2.90 bits per heavy atom. The van der Waals surface area contributed by atoms with Crippen molar-refractivity contribution in [2.75, 3.05) is 5.32 Å². The lowest BCUT2D eigenvalue weighted by Crippen LogP contribution is -2.00. The number of pyridine rings is 2. The van der Waals surface area contributed by atoms with Gasteiger partial charge in [0.25, 0.3) is 0 Å². The van der Waals surface area contributed by atoms with Gasteiger partial charge in [-0.1, -0.05) is 24.3 Å². The molecule has 0 atom stereocenters. The molecule has 0 radical (unpaired) electrons. The van der Waals surface area contributed by atoms with Gasteiger partial charge in [-0.3, -0.25) is 4.98 Å². The Morgan fingerprint density at radius 2 is 1.95 bits per heavy atom. The second-order valence-corrected chi connectivity index (χ2v) is 4.97. The number of benzene rings is 1. The second-order valence-electron chi connectivity index (χ2n) is 4.97. The van der Waals surface area contributed by atoms with Crippen molar-refractivity contribution in [3.63, 3.8) is 0 Å². The minimum Gasteiger partial charge on any atom is -0.378 e. The van der Waals surface area contributed by atoms with Crippen LogP contribution in [0.4, 0.5) is 5.69 Å². The molecular formula is C17H14N4. The summed E-state index contributed by atoms with van der Waals surface area (Å²) in [5.41, 5.74) is 3.99. The number of nitrogens with zero attached hydrogens (tertiary/aromatic N) is 3. The third-order valence-electron chi connectivity index (χ3n) is 3.48. The lowest BCUT2D eigenvalue weighted by Gasteiger charge is -2.05. The van der Waals surface area contributed by atoms with Gasteiger partial charge in [-0.05, 0) is 24.3 Å². The molecule has 0 saturated carbocycles. The van der Waals surface area contributed by atoms with E-state index in [4.69, 9.17) is 0 Å². The Labute approximate surface area is 122 Å². The number of para-hydroxylation sites is 1. The van der Waals surface area contributed by atoms with E-state index >= 15 is 0 Å². The molecule has 0 unspecified atom stereocenters. The summed E-state index contributed by atoms with van der Waals surface area (Å²) in [5, 5.41) is 4.51. The molecule has 0 aliphatic carbocycles. The second kappa shape index (κ2) is 4.90. The first-order valence-corrected chi connectivity index (χ1v) is 6.90. The first-order valence-electron chi connectivity index (χ1n) is 6.90. The summed E-state index contributed by atoms with van der Waals surface area (Å²) in [6, 6.07) is 16.2. The summed E-state index contributed by atoms with van der Waals surface area (Å²) < 4.78 is 2.02. The van der Waals surface area contributed by atoms with Gasteiger partial charge in [0.05, 0.1) is 29.6 Å². The molecule has 1 aromatic carbocycles. The molecule has 3 aromatic heterocycles. The molecule has 102 valence electrons. The minimum absolute atomic E-state index is 0.682. The predicted molar refractivity (Wildman–Crippen MR) is 84.3 cm³/mol. The quantitative estimate of drug-likeness (QED) is 0.622. The van der Waals surface area contributed by atoms with Gasteiger partial charge >= 0.3 is 0 Å². The normalized spacial score (nSPS) is 11.0. The number of anilines is 1. The Balaban J connectivity index is 1.57. The highest BCUT2D eigenvalue weighted by Crippen LogP contribution is 2.16. The number of imidazole rings is 1. The van der Waals surface area contributed by atoms with Crippen molar-refractivity contribution in [1.82, 2.24) is 14.4 Å². The fourth-order valence-electron chi connectivity index (χ4n) is 2.43. The monoisotopic (exact) mass is 274 g/mol. The number of hydrogen-bond acceptors (Lipinski definition) is 3. The van der Waals surface area contributed by atoms with Crippen molar-refractivity contribution in [1.29, 1.82) is 0 Å².